The molecule has 0 unspecified atom stereocenters. The minimum atomic E-state index is 0.656. The smallest absolute Gasteiger partial charge is 0.0890 e. The summed E-state index contributed by atoms with van der Waals surface area (Å²) in [4.78, 5) is 15.4. The Morgan fingerprint density at radius 1 is 1.04 bits per heavy atom. The summed E-state index contributed by atoms with van der Waals surface area (Å²) < 4.78 is 0. The molecule has 6 nitrogen and oxygen atoms in total. The van der Waals surface area contributed by atoms with Crippen molar-refractivity contribution in [3.8, 4) is 0 Å². The number of aromatic nitrogens is 3. The van der Waals surface area contributed by atoms with Gasteiger partial charge in [0.25, 0.3) is 0 Å². The summed E-state index contributed by atoms with van der Waals surface area (Å²) in [7, 11) is 0. The standard InChI is InChI=1S/C20H24N6/c21-12-15-4-9-26(10-5-15)20-3-6-22-14-19(20)25-13-16-1-2-17-18(11-16)24-8-7-23-17/h1-3,6-8,11,14-15,25H,4-5,9-10,12-13,21H2. The van der Waals surface area contributed by atoms with E-state index in [1.165, 1.54) is 11.3 Å². The first-order chi connectivity index (χ1) is 12.8. The van der Waals surface area contributed by atoms with Crippen LogP contribution < -0.4 is 16.0 Å². The van der Waals surface area contributed by atoms with Crippen molar-refractivity contribution >= 4 is 22.4 Å². The number of nitrogens with zero attached hydrogens (tertiary/aromatic N) is 4. The molecule has 3 aromatic rings. The number of benzene rings is 1. The third-order valence-corrected chi connectivity index (χ3v) is 5.10. The fourth-order valence-electron chi connectivity index (χ4n) is 3.52. The zero-order chi connectivity index (χ0) is 17.8. The molecular weight excluding hydrogens is 324 g/mol. The van der Waals surface area contributed by atoms with E-state index < -0.39 is 0 Å². The number of rotatable bonds is 5. The number of pyridine rings is 1. The molecule has 2 aromatic heterocycles. The average molecular weight is 348 g/mol. The fraction of sp³-hybridized carbons (Fsp3) is 0.350. The summed E-state index contributed by atoms with van der Waals surface area (Å²) >= 11 is 0. The molecule has 6 heteroatoms. The van der Waals surface area contributed by atoms with E-state index in [2.05, 4.69) is 43.4 Å². The number of nitrogens with one attached hydrogen (secondary N) is 1. The third-order valence-electron chi connectivity index (χ3n) is 5.10. The molecule has 0 aliphatic carbocycles. The summed E-state index contributed by atoms with van der Waals surface area (Å²) in [6.07, 6.45) is 9.52. The molecule has 0 saturated carbocycles. The SMILES string of the molecule is NCC1CCN(c2ccncc2NCc2ccc3nccnc3c2)CC1. The lowest BCUT2D eigenvalue weighted by Crippen LogP contribution is -2.36. The average Bonchev–Trinajstić information content (AvgIpc) is 2.72. The highest BCUT2D eigenvalue weighted by Gasteiger charge is 2.20. The highest BCUT2D eigenvalue weighted by atomic mass is 15.2. The second kappa shape index (κ2) is 7.66. The Morgan fingerprint density at radius 2 is 1.85 bits per heavy atom. The van der Waals surface area contributed by atoms with Gasteiger partial charge in [-0.3, -0.25) is 15.0 Å². The molecule has 134 valence electrons. The third kappa shape index (κ3) is 3.60. The van der Waals surface area contributed by atoms with Gasteiger partial charge in [-0.15, -0.1) is 0 Å². The molecule has 1 aliphatic rings. The molecule has 3 N–H and O–H groups in total. The van der Waals surface area contributed by atoms with Gasteiger partial charge in [-0.1, -0.05) is 6.07 Å². The van der Waals surface area contributed by atoms with Crippen LogP contribution in [0.2, 0.25) is 0 Å². The van der Waals surface area contributed by atoms with Crippen molar-refractivity contribution < 1.29 is 0 Å². The summed E-state index contributed by atoms with van der Waals surface area (Å²) in [5.74, 6) is 0.656. The lowest BCUT2D eigenvalue weighted by Gasteiger charge is -2.34. The van der Waals surface area contributed by atoms with Crippen LogP contribution in [0.1, 0.15) is 18.4 Å². The first kappa shape index (κ1) is 16.7. The van der Waals surface area contributed by atoms with Crippen molar-refractivity contribution in [2.75, 3.05) is 29.9 Å². The van der Waals surface area contributed by atoms with E-state index in [9.17, 15) is 0 Å². The fourth-order valence-corrected chi connectivity index (χ4v) is 3.52. The minimum Gasteiger partial charge on any atom is -0.378 e. The molecule has 1 fully saturated rings. The van der Waals surface area contributed by atoms with E-state index in [0.29, 0.717) is 5.92 Å². The van der Waals surface area contributed by atoms with Crippen LogP contribution in [-0.2, 0) is 6.54 Å². The Labute approximate surface area is 153 Å². The number of anilines is 2. The van der Waals surface area contributed by atoms with E-state index in [1.54, 1.807) is 12.4 Å². The molecule has 0 bridgehead atoms. The maximum absolute atomic E-state index is 5.82. The van der Waals surface area contributed by atoms with Crippen molar-refractivity contribution in [1.82, 2.24) is 15.0 Å². The number of fused-ring (bicyclic) bond motifs is 1. The van der Waals surface area contributed by atoms with Gasteiger partial charge < -0.3 is 16.0 Å². The predicted octanol–water partition coefficient (Wildman–Crippen LogP) is 2.81. The van der Waals surface area contributed by atoms with Gasteiger partial charge in [-0.05, 0) is 49.1 Å². The Morgan fingerprint density at radius 3 is 2.65 bits per heavy atom. The first-order valence-corrected chi connectivity index (χ1v) is 9.16. The molecule has 0 radical (unpaired) electrons. The Kier molecular flexibility index (Phi) is 4.93. The Balaban J connectivity index is 1.48. The van der Waals surface area contributed by atoms with E-state index in [1.807, 2.05) is 18.5 Å². The van der Waals surface area contributed by atoms with E-state index in [-0.39, 0.29) is 0 Å². The summed E-state index contributed by atoms with van der Waals surface area (Å²) in [6, 6.07) is 8.28. The number of hydrogen-bond acceptors (Lipinski definition) is 6. The van der Waals surface area contributed by atoms with Gasteiger partial charge in [0.1, 0.15) is 0 Å². The zero-order valence-corrected chi connectivity index (χ0v) is 14.8. The van der Waals surface area contributed by atoms with Gasteiger partial charge in [-0.2, -0.15) is 0 Å². The van der Waals surface area contributed by atoms with Crippen LogP contribution in [0, 0.1) is 5.92 Å². The van der Waals surface area contributed by atoms with Crippen LogP contribution in [-0.4, -0.2) is 34.6 Å². The topological polar surface area (TPSA) is 80.0 Å². The van der Waals surface area contributed by atoms with Crippen molar-refractivity contribution in [2.45, 2.75) is 19.4 Å². The van der Waals surface area contributed by atoms with Crippen LogP contribution in [0.4, 0.5) is 11.4 Å². The Hall–Kier alpha value is -2.73. The van der Waals surface area contributed by atoms with E-state index >= 15 is 0 Å². The number of nitrogens with two attached hydrogens (primary N) is 1. The quantitative estimate of drug-likeness (QED) is 0.738. The van der Waals surface area contributed by atoms with Crippen molar-refractivity contribution in [2.24, 2.45) is 11.7 Å². The van der Waals surface area contributed by atoms with Crippen molar-refractivity contribution in [3.05, 3.63) is 54.6 Å². The molecule has 4 rings (SSSR count). The van der Waals surface area contributed by atoms with Crippen LogP contribution in [0.15, 0.2) is 49.1 Å². The van der Waals surface area contributed by atoms with Gasteiger partial charge in [0.2, 0.25) is 0 Å². The van der Waals surface area contributed by atoms with Gasteiger partial charge in [0, 0.05) is 38.2 Å². The maximum atomic E-state index is 5.82. The van der Waals surface area contributed by atoms with Crippen molar-refractivity contribution in [1.29, 1.82) is 0 Å². The lowest BCUT2D eigenvalue weighted by molar-refractivity contribution is 0.415. The summed E-state index contributed by atoms with van der Waals surface area (Å²) in [6.45, 7) is 3.61. The molecule has 26 heavy (non-hydrogen) atoms. The summed E-state index contributed by atoms with van der Waals surface area (Å²) in [5, 5.41) is 3.54. The maximum Gasteiger partial charge on any atom is 0.0890 e. The first-order valence-electron chi connectivity index (χ1n) is 9.16. The largest absolute Gasteiger partial charge is 0.378 e. The zero-order valence-electron chi connectivity index (χ0n) is 14.8. The summed E-state index contributed by atoms with van der Waals surface area (Å²) in [5.41, 5.74) is 11.1. The van der Waals surface area contributed by atoms with Crippen LogP contribution in [0.3, 0.4) is 0 Å². The molecule has 0 spiro atoms. The van der Waals surface area contributed by atoms with E-state index in [4.69, 9.17) is 5.73 Å². The Bertz CT molecular complexity index is 873. The highest BCUT2D eigenvalue weighted by molar-refractivity contribution is 5.75. The second-order valence-electron chi connectivity index (χ2n) is 6.79. The van der Waals surface area contributed by atoms with E-state index in [0.717, 1.165) is 55.7 Å². The van der Waals surface area contributed by atoms with Crippen LogP contribution in [0.25, 0.3) is 11.0 Å². The van der Waals surface area contributed by atoms with Gasteiger partial charge in [0.15, 0.2) is 0 Å². The number of hydrogen-bond donors (Lipinski definition) is 2. The lowest BCUT2D eigenvalue weighted by atomic mass is 9.97. The molecule has 1 aromatic carbocycles. The molecule has 0 atom stereocenters. The van der Waals surface area contributed by atoms with Crippen LogP contribution in [0.5, 0.6) is 0 Å². The molecule has 0 amide bonds. The monoisotopic (exact) mass is 348 g/mol. The van der Waals surface area contributed by atoms with Gasteiger partial charge in [0.05, 0.1) is 28.6 Å². The molecule has 3 heterocycles. The predicted molar refractivity (Wildman–Crippen MR) is 105 cm³/mol. The minimum absolute atomic E-state index is 0.656. The molecule has 1 saturated heterocycles. The van der Waals surface area contributed by atoms with Gasteiger partial charge >= 0.3 is 0 Å². The number of piperidine rings is 1. The molecule has 1 aliphatic heterocycles. The normalized spacial score (nSPS) is 15.3. The van der Waals surface area contributed by atoms with Crippen LogP contribution >= 0.6 is 0 Å². The molecular formula is C20H24N6. The van der Waals surface area contributed by atoms with Crippen molar-refractivity contribution in [3.63, 3.8) is 0 Å². The van der Waals surface area contributed by atoms with Gasteiger partial charge in [-0.25, -0.2) is 0 Å². The highest BCUT2D eigenvalue weighted by Crippen LogP contribution is 2.29. The second-order valence-corrected chi connectivity index (χ2v) is 6.79.